The van der Waals surface area contributed by atoms with Gasteiger partial charge in [-0.05, 0) is 0 Å². The van der Waals surface area contributed by atoms with Gasteiger partial charge in [-0.25, -0.2) is 4.79 Å². The highest BCUT2D eigenvalue weighted by atomic mass is 16.5. The fourth-order valence-corrected chi connectivity index (χ4v) is 1.25. The molecular formula is C8H16N2O3. The minimum Gasteiger partial charge on any atom is -0.394 e. The maximum Gasteiger partial charge on any atom is 0.319 e. The average Bonchev–Trinajstić information content (AvgIpc) is 2.43. The first-order valence-corrected chi connectivity index (χ1v) is 4.44. The molecule has 0 unspecified atom stereocenters. The molecule has 0 aromatic carbocycles. The lowest BCUT2D eigenvalue weighted by Crippen LogP contribution is -2.32. The molecule has 0 atom stereocenters. The third kappa shape index (κ3) is 2.86. The van der Waals surface area contributed by atoms with E-state index in [-0.39, 0.29) is 12.6 Å². The molecule has 76 valence electrons. The Balaban J connectivity index is 2.12. The first kappa shape index (κ1) is 10.3. The third-order valence-electron chi connectivity index (χ3n) is 2.04. The van der Waals surface area contributed by atoms with E-state index in [1.165, 1.54) is 0 Å². The van der Waals surface area contributed by atoms with Crippen molar-refractivity contribution in [1.82, 2.24) is 9.80 Å². The van der Waals surface area contributed by atoms with Gasteiger partial charge in [-0.3, -0.25) is 0 Å². The van der Waals surface area contributed by atoms with E-state index < -0.39 is 0 Å². The number of nitrogens with zero attached hydrogens (tertiary/aromatic N) is 2. The lowest BCUT2D eigenvalue weighted by Gasteiger charge is -2.15. The predicted molar refractivity (Wildman–Crippen MR) is 47.5 cm³/mol. The minimum absolute atomic E-state index is 0.0356. The topological polar surface area (TPSA) is 53.0 Å². The van der Waals surface area contributed by atoms with Gasteiger partial charge in [0.1, 0.15) is 0 Å². The number of carbonyl (C=O) groups is 1. The van der Waals surface area contributed by atoms with Gasteiger partial charge in [0.05, 0.1) is 19.8 Å². The van der Waals surface area contributed by atoms with Crippen LogP contribution in [-0.2, 0) is 4.74 Å². The van der Waals surface area contributed by atoms with Crippen LogP contribution in [0.2, 0.25) is 0 Å². The zero-order valence-corrected chi connectivity index (χ0v) is 7.90. The molecule has 1 N–H and O–H groups in total. The molecule has 0 saturated carbocycles. The van der Waals surface area contributed by atoms with Gasteiger partial charge in [0.2, 0.25) is 0 Å². The number of likely N-dealkylation sites (N-methyl/N-ethyl adjacent to an activating group) is 1. The maximum atomic E-state index is 11.3. The quantitative estimate of drug-likeness (QED) is 0.584. The molecule has 1 aliphatic heterocycles. The minimum atomic E-state index is 0.0356. The molecule has 1 saturated heterocycles. The summed E-state index contributed by atoms with van der Waals surface area (Å²) in [5.74, 6) is 0. The number of aliphatic hydroxyl groups excluding tert-OH is 1. The van der Waals surface area contributed by atoms with Gasteiger partial charge in [-0.1, -0.05) is 0 Å². The van der Waals surface area contributed by atoms with Crippen molar-refractivity contribution in [2.45, 2.75) is 0 Å². The molecule has 5 heteroatoms. The Morgan fingerprint density at radius 3 is 2.77 bits per heavy atom. The number of hydrogen-bond donors (Lipinski definition) is 1. The molecule has 0 aromatic rings. The molecule has 13 heavy (non-hydrogen) atoms. The van der Waals surface area contributed by atoms with Gasteiger partial charge in [0, 0.05) is 26.7 Å². The van der Waals surface area contributed by atoms with E-state index in [1.54, 1.807) is 16.8 Å². The molecule has 1 fully saturated rings. The lowest BCUT2D eigenvalue weighted by molar-refractivity contribution is 0.0814. The van der Waals surface area contributed by atoms with Crippen LogP contribution in [0.1, 0.15) is 0 Å². The van der Waals surface area contributed by atoms with Crippen LogP contribution in [0.5, 0.6) is 0 Å². The Morgan fingerprint density at radius 2 is 2.23 bits per heavy atom. The van der Waals surface area contributed by atoms with Crippen molar-refractivity contribution in [2.24, 2.45) is 0 Å². The van der Waals surface area contributed by atoms with Crippen LogP contribution in [0, 0.1) is 0 Å². The van der Waals surface area contributed by atoms with Crippen molar-refractivity contribution in [3.63, 3.8) is 0 Å². The molecule has 1 rings (SSSR count). The number of carbonyl (C=O) groups excluding carboxylic acids is 1. The summed E-state index contributed by atoms with van der Waals surface area (Å²) in [7, 11) is 1.79. The Hall–Kier alpha value is -0.810. The molecule has 0 aromatic heterocycles. The summed E-state index contributed by atoms with van der Waals surface area (Å²) in [6.45, 7) is 3.06. The number of urea groups is 1. The Labute approximate surface area is 77.9 Å². The molecule has 2 amide bonds. The standard InChI is InChI=1S/C8H16N2O3/c1-9-2-3-10(8(9)12)4-6-13-7-5-11/h11H,2-7H2,1H3. The summed E-state index contributed by atoms with van der Waals surface area (Å²) in [5, 5.41) is 8.44. The van der Waals surface area contributed by atoms with Gasteiger partial charge in [0.15, 0.2) is 0 Å². The van der Waals surface area contributed by atoms with Crippen molar-refractivity contribution in [2.75, 3.05) is 46.5 Å². The van der Waals surface area contributed by atoms with Gasteiger partial charge >= 0.3 is 6.03 Å². The first-order chi connectivity index (χ1) is 6.25. The van der Waals surface area contributed by atoms with Gasteiger partial charge in [0.25, 0.3) is 0 Å². The SMILES string of the molecule is CN1CCN(CCOCCO)C1=O. The molecule has 5 nitrogen and oxygen atoms in total. The third-order valence-corrected chi connectivity index (χ3v) is 2.04. The van der Waals surface area contributed by atoms with E-state index >= 15 is 0 Å². The van der Waals surface area contributed by atoms with Crippen LogP contribution in [0.25, 0.3) is 0 Å². The normalized spacial score (nSPS) is 17.2. The van der Waals surface area contributed by atoms with Gasteiger partial charge in [-0.2, -0.15) is 0 Å². The summed E-state index contributed by atoms with van der Waals surface area (Å²) in [6.07, 6.45) is 0. The molecule has 1 aliphatic rings. The molecule has 0 spiro atoms. The smallest absolute Gasteiger partial charge is 0.319 e. The molecule has 0 bridgehead atoms. The summed E-state index contributed by atoms with van der Waals surface area (Å²) >= 11 is 0. The van der Waals surface area contributed by atoms with E-state index in [4.69, 9.17) is 9.84 Å². The highest BCUT2D eigenvalue weighted by molar-refractivity contribution is 5.76. The monoisotopic (exact) mass is 188 g/mol. The summed E-state index contributed by atoms with van der Waals surface area (Å²) in [5.41, 5.74) is 0. The summed E-state index contributed by atoms with van der Waals surface area (Å²) in [4.78, 5) is 14.7. The molecule has 0 aliphatic carbocycles. The van der Waals surface area contributed by atoms with Crippen molar-refractivity contribution in [3.05, 3.63) is 0 Å². The number of rotatable bonds is 5. The predicted octanol–water partition coefficient (Wildman–Crippen LogP) is -0.637. The second-order valence-electron chi connectivity index (χ2n) is 3.03. The Kier molecular flexibility index (Phi) is 3.98. The number of ether oxygens (including phenoxy) is 1. The zero-order chi connectivity index (χ0) is 9.68. The van der Waals surface area contributed by atoms with E-state index in [0.29, 0.717) is 19.8 Å². The van der Waals surface area contributed by atoms with Crippen LogP contribution < -0.4 is 0 Å². The second kappa shape index (κ2) is 5.04. The largest absolute Gasteiger partial charge is 0.394 e. The van der Waals surface area contributed by atoms with E-state index in [2.05, 4.69) is 0 Å². The Morgan fingerprint density at radius 1 is 1.46 bits per heavy atom. The zero-order valence-electron chi connectivity index (χ0n) is 7.90. The van der Waals surface area contributed by atoms with Crippen LogP contribution in [-0.4, -0.2) is 67.4 Å². The fourth-order valence-electron chi connectivity index (χ4n) is 1.25. The van der Waals surface area contributed by atoms with Crippen LogP contribution in [0.4, 0.5) is 4.79 Å². The first-order valence-electron chi connectivity index (χ1n) is 4.44. The lowest BCUT2D eigenvalue weighted by atomic mass is 10.5. The van der Waals surface area contributed by atoms with Crippen molar-refractivity contribution in [1.29, 1.82) is 0 Å². The second-order valence-corrected chi connectivity index (χ2v) is 3.03. The summed E-state index contributed by atoms with van der Waals surface area (Å²) < 4.78 is 5.07. The van der Waals surface area contributed by atoms with Crippen molar-refractivity contribution >= 4 is 6.03 Å². The fraction of sp³-hybridized carbons (Fsp3) is 0.875. The van der Waals surface area contributed by atoms with Crippen LogP contribution >= 0.6 is 0 Å². The number of amides is 2. The number of hydrogen-bond acceptors (Lipinski definition) is 3. The van der Waals surface area contributed by atoms with E-state index in [9.17, 15) is 4.79 Å². The van der Waals surface area contributed by atoms with Crippen molar-refractivity contribution in [3.8, 4) is 0 Å². The Bertz CT molecular complexity index is 175. The van der Waals surface area contributed by atoms with Gasteiger partial charge in [-0.15, -0.1) is 0 Å². The van der Waals surface area contributed by atoms with Crippen molar-refractivity contribution < 1.29 is 14.6 Å². The van der Waals surface area contributed by atoms with Crippen LogP contribution in [0.15, 0.2) is 0 Å². The van der Waals surface area contributed by atoms with E-state index in [0.717, 1.165) is 13.1 Å². The van der Waals surface area contributed by atoms with Gasteiger partial charge < -0.3 is 19.6 Å². The maximum absolute atomic E-state index is 11.3. The van der Waals surface area contributed by atoms with Crippen LogP contribution in [0.3, 0.4) is 0 Å². The highest BCUT2D eigenvalue weighted by Gasteiger charge is 2.24. The van der Waals surface area contributed by atoms with E-state index in [1.807, 2.05) is 0 Å². The number of aliphatic hydroxyl groups is 1. The molecular weight excluding hydrogens is 172 g/mol. The molecule has 1 heterocycles. The highest BCUT2D eigenvalue weighted by Crippen LogP contribution is 2.04. The summed E-state index contributed by atoms with van der Waals surface area (Å²) in [6, 6.07) is 0.0626. The average molecular weight is 188 g/mol. The molecule has 0 radical (unpaired) electrons.